The fourth-order valence-corrected chi connectivity index (χ4v) is 3.01. The minimum atomic E-state index is -1.15. The Morgan fingerprint density at radius 2 is 2.00 bits per heavy atom. The molecule has 2 aromatic carbocycles. The summed E-state index contributed by atoms with van der Waals surface area (Å²) >= 11 is 1.51. The molecular formula is C18H18N2O4S. The van der Waals surface area contributed by atoms with E-state index in [9.17, 15) is 15.0 Å². The van der Waals surface area contributed by atoms with Crippen molar-refractivity contribution in [2.24, 2.45) is 0 Å². The summed E-state index contributed by atoms with van der Waals surface area (Å²) in [5, 5.41) is 22.8. The predicted molar refractivity (Wildman–Crippen MR) is 95.2 cm³/mol. The minimum Gasteiger partial charge on any atom is -0.445 e. The van der Waals surface area contributed by atoms with E-state index >= 15 is 0 Å². The molecule has 0 aliphatic carbocycles. The van der Waals surface area contributed by atoms with E-state index in [-0.39, 0.29) is 13.2 Å². The number of carbonyl (C=O) groups excluding carboxylic acids is 1. The van der Waals surface area contributed by atoms with Crippen molar-refractivity contribution in [2.45, 2.75) is 18.8 Å². The largest absolute Gasteiger partial charge is 0.445 e. The van der Waals surface area contributed by atoms with E-state index in [1.807, 2.05) is 36.4 Å². The second kappa shape index (κ2) is 8.06. The quantitative estimate of drug-likeness (QED) is 0.630. The summed E-state index contributed by atoms with van der Waals surface area (Å²) in [6, 6.07) is 14.6. The van der Waals surface area contributed by atoms with Gasteiger partial charge in [-0.25, -0.2) is 9.78 Å². The Hall–Kier alpha value is -2.48. The van der Waals surface area contributed by atoms with E-state index in [0.717, 1.165) is 15.8 Å². The second-order valence-electron chi connectivity index (χ2n) is 5.53. The smallest absolute Gasteiger partial charge is 0.407 e. The van der Waals surface area contributed by atoms with Gasteiger partial charge in [0.05, 0.1) is 15.7 Å². The van der Waals surface area contributed by atoms with Gasteiger partial charge in [-0.05, 0) is 23.3 Å². The standard InChI is InChI=1S/C18H18N2O4S/c21-15(9-19-18(23)24-10-12-4-2-1-3-5-12)17(22)13-6-7-16-14(8-13)20-11-25-16/h1-8,11,15,17,21-22H,9-10H2,(H,19,23). The number of hydrogen-bond acceptors (Lipinski definition) is 6. The van der Waals surface area contributed by atoms with Crippen LogP contribution in [0.4, 0.5) is 4.79 Å². The molecule has 2 atom stereocenters. The Morgan fingerprint density at radius 1 is 1.20 bits per heavy atom. The van der Waals surface area contributed by atoms with Crippen molar-refractivity contribution >= 4 is 27.6 Å². The van der Waals surface area contributed by atoms with Crippen molar-refractivity contribution in [1.29, 1.82) is 0 Å². The Bertz CT molecular complexity index is 837. The number of alkyl carbamates (subject to hydrolysis) is 1. The van der Waals surface area contributed by atoms with Crippen molar-refractivity contribution in [1.82, 2.24) is 10.3 Å². The van der Waals surface area contributed by atoms with Crippen molar-refractivity contribution in [3.8, 4) is 0 Å². The predicted octanol–water partition coefficient (Wildman–Crippen LogP) is 2.62. The lowest BCUT2D eigenvalue weighted by molar-refractivity contribution is 0.0185. The van der Waals surface area contributed by atoms with Gasteiger partial charge in [0.2, 0.25) is 0 Å². The number of carbonyl (C=O) groups is 1. The summed E-state index contributed by atoms with van der Waals surface area (Å²) in [5.41, 5.74) is 3.91. The molecule has 1 aromatic heterocycles. The third-order valence-electron chi connectivity index (χ3n) is 3.73. The molecule has 1 amide bonds. The molecule has 1 heterocycles. The van der Waals surface area contributed by atoms with Crippen LogP contribution in [0.2, 0.25) is 0 Å². The number of hydrogen-bond donors (Lipinski definition) is 3. The average molecular weight is 358 g/mol. The van der Waals surface area contributed by atoms with E-state index in [1.54, 1.807) is 17.6 Å². The fourth-order valence-electron chi connectivity index (χ4n) is 2.35. The number of ether oxygens (including phenoxy) is 1. The van der Waals surface area contributed by atoms with Crippen molar-refractivity contribution in [3.05, 3.63) is 65.2 Å². The molecule has 0 aliphatic rings. The molecule has 0 radical (unpaired) electrons. The molecule has 2 unspecified atom stereocenters. The molecule has 130 valence electrons. The van der Waals surface area contributed by atoms with Crippen LogP contribution >= 0.6 is 11.3 Å². The van der Waals surface area contributed by atoms with Crippen LogP contribution in [0.3, 0.4) is 0 Å². The van der Waals surface area contributed by atoms with E-state index in [1.165, 1.54) is 11.3 Å². The second-order valence-corrected chi connectivity index (χ2v) is 6.42. The molecule has 0 saturated carbocycles. The average Bonchev–Trinajstić information content (AvgIpc) is 3.12. The highest BCUT2D eigenvalue weighted by atomic mass is 32.1. The highest BCUT2D eigenvalue weighted by molar-refractivity contribution is 7.16. The first kappa shape index (κ1) is 17.3. The zero-order valence-electron chi connectivity index (χ0n) is 13.3. The van der Waals surface area contributed by atoms with Crippen molar-refractivity contribution < 1.29 is 19.7 Å². The normalized spacial score (nSPS) is 13.4. The Labute approximate surface area is 148 Å². The zero-order chi connectivity index (χ0) is 17.6. The summed E-state index contributed by atoms with van der Waals surface area (Å²) in [4.78, 5) is 15.9. The van der Waals surface area contributed by atoms with Crippen LogP contribution in [-0.2, 0) is 11.3 Å². The first-order valence-electron chi connectivity index (χ1n) is 7.77. The van der Waals surface area contributed by atoms with Gasteiger partial charge in [-0.15, -0.1) is 11.3 Å². The topological polar surface area (TPSA) is 91.7 Å². The maximum atomic E-state index is 11.7. The van der Waals surface area contributed by atoms with Crippen LogP contribution in [0.25, 0.3) is 10.2 Å². The van der Waals surface area contributed by atoms with Gasteiger partial charge >= 0.3 is 6.09 Å². The molecule has 3 N–H and O–H groups in total. The molecule has 3 aromatic rings. The lowest BCUT2D eigenvalue weighted by atomic mass is 10.0. The molecule has 0 aliphatic heterocycles. The molecule has 25 heavy (non-hydrogen) atoms. The van der Waals surface area contributed by atoms with E-state index < -0.39 is 18.3 Å². The molecule has 7 heteroatoms. The van der Waals surface area contributed by atoms with Crippen molar-refractivity contribution in [3.63, 3.8) is 0 Å². The van der Waals surface area contributed by atoms with Crippen molar-refractivity contribution in [2.75, 3.05) is 6.54 Å². The fraction of sp³-hybridized carbons (Fsp3) is 0.222. The summed E-state index contributed by atoms with van der Waals surface area (Å²) in [6.07, 6.45) is -2.93. The van der Waals surface area contributed by atoms with E-state index in [2.05, 4.69) is 10.3 Å². The van der Waals surface area contributed by atoms with Gasteiger partial charge in [0.15, 0.2) is 0 Å². The maximum absolute atomic E-state index is 11.7. The molecule has 0 bridgehead atoms. The van der Waals surface area contributed by atoms with Gasteiger partial charge in [0, 0.05) is 6.54 Å². The van der Waals surface area contributed by atoms with Crippen LogP contribution in [0.5, 0.6) is 0 Å². The number of nitrogens with zero attached hydrogens (tertiary/aromatic N) is 1. The SMILES string of the molecule is O=C(NCC(O)C(O)c1ccc2scnc2c1)OCc1ccccc1. The van der Waals surface area contributed by atoms with Gasteiger partial charge in [-0.1, -0.05) is 36.4 Å². The highest BCUT2D eigenvalue weighted by Crippen LogP contribution is 2.24. The van der Waals surface area contributed by atoms with Gasteiger partial charge in [-0.2, -0.15) is 0 Å². The number of amides is 1. The monoisotopic (exact) mass is 358 g/mol. The Kier molecular flexibility index (Phi) is 5.60. The van der Waals surface area contributed by atoms with Gasteiger partial charge in [-0.3, -0.25) is 0 Å². The molecule has 0 spiro atoms. The minimum absolute atomic E-state index is 0.121. The van der Waals surface area contributed by atoms with Gasteiger partial charge < -0.3 is 20.3 Å². The summed E-state index contributed by atoms with van der Waals surface area (Å²) in [6.45, 7) is 0.0235. The molecular weight excluding hydrogens is 340 g/mol. The van der Waals surface area contributed by atoms with Crippen LogP contribution < -0.4 is 5.32 Å². The molecule has 0 fully saturated rings. The molecule has 3 rings (SSSR count). The number of fused-ring (bicyclic) bond motifs is 1. The molecule has 6 nitrogen and oxygen atoms in total. The molecule has 0 saturated heterocycles. The summed E-state index contributed by atoms with van der Waals surface area (Å²) < 4.78 is 6.07. The lowest BCUT2D eigenvalue weighted by Crippen LogP contribution is -2.35. The number of aromatic nitrogens is 1. The first-order valence-corrected chi connectivity index (χ1v) is 8.65. The third kappa shape index (κ3) is 4.54. The van der Waals surface area contributed by atoms with Crippen LogP contribution in [-0.4, -0.2) is 33.9 Å². The summed E-state index contributed by atoms with van der Waals surface area (Å²) in [5.74, 6) is 0. The first-order chi connectivity index (χ1) is 12.1. The number of aliphatic hydroxyl groups is 2. The van der Waals surface area contributed by atoms with Gasteiger partial charge in [0.25, 0.3) is 0 Å². The number of aliphatic hydroxyl groups excluding tert-OH is 2. The van der Waals surface area contributed by atoms with Gasteiger partial charge in [0.1, 0.15) is 18.8 Å². The maximum Gasteiger partial charge on any atom is 0.407 e. The van der Waals surface area contributed by atoms with E-state index in [0.29, 0.717) is 5.56 Å². The number of rotatable bonds is 6. The number of nitrogens with one attached hydrogen (secondary N) is 1. The van der Waals surface area contributed by atoms with E-state index in [4.69, 9.17) is 4.74 Å². The Morgan fingerprint density at radius 3 is 2.80 bits per heavy atom. The third-order valence-corrected chi connectivity index (χ3v) is 4.54. The van der Waals surface area contributed by atoms with Crippen LogP contribution in [0.15, 0.2) is 54.0 Å². The Balaban J connectivity index is 1.49. The summed E-state index contributed by atoms with van der Waals surface area (Å²) in [7, 11) is 0. The van der Waals surface area contributed by atoms with Crippen LogP contribution in [0, 0.1) is 0 Å². The van der Waals surface area contributed by atoms with Crippen LogP contribution in [0.1, 0.15) is 17.2 Å². The lowest BCUT2D eigenvalue weighted by Gasteiger charge is -2.18. The highest BCUT2D eigenvalue weighted by Gasteiger charge is 2.20. The number of thiazole rings is 1. The zero-order valence-corrected chi connectivity index (χ0v) is 14.1. The number of benzene rings is 2.